The van der Waals surface area contributed by atoms with Crippen LogP contribution in [0.4, 0.5) is 0 Å². The first-order chi connectivity index (χ1) is 7.66. The lowest BCUT2D eigenvalue weighted by atomic mass is 9.98. The lowest BCUT2D eigenvalue weighted by Gasteiger charge is -2.06. The van der Waals surface area contributed by atoms with Gasteiger partial charge in [0, 0.05) is 11.8 Å². The SMILES string of the molecule is CC(CC(=O)O)Cc1coc2ccccc12. The number of aliphatic carboxylic acids is 1. The molecule has 2 aromatic rings. The van der Waals surface area contributed by atoms with Gasteiger partial charge in [-0.15, -0.1) is 0 Å². The molecular formula is C13H14O3. The molecule has 84 valence electrons. The Kier molecular flexibility index (Phi) is 2.95. The molecule has 16 heavy (non-hydrogen) atoms. The summed E-state index contributed by atoms with van der Waals surface area (Å²) in [4.78, 5) is 10.6. The van der Waals surface area contributed by atoms with Gasteiger partial charge in [-0.2, -0.15) is 0 Å². The Morgan fingerprint density at radius 3 is 2.94 bits per heavy atom. The van der Waals surface area contributed by atoms with Gasteiger partial charge in [-0.05, 0) is 24.0 Å². The molecule has 0 radical (unpaired) electrons. The average Bonchev–Trinajstić information content (AvgIpc) is 2.61. The van der Waals surface area contributed by atoms with Gasteiger partial charge in [0.1, 0.15) is 5.58 Å². The molecule has 0 aliphatic carbocycles. The van der Waals surface area contributed by atoms with Crippen molar-refractivity contribution in [3.05, 3.63) is 36.1 Å². The number of carbonyl (C=O) groups is 1. The van der Waals surface area contributed by atoms with E-state index in [9.17, 15) is 4.79 Å². The fourth-order valence-electron chi connectivity index (χ4n) is 1.94. The van der Waals surface area contributed by atoms with Crippen LogP contribution in [0.1, 0.15) is 18.9 Å². The van der Waals surface area contributed by atoms with Crippen LogP contribution in [0, 0.1) is 5.92 Å². The van der Waals surface area contributed by atoms with Crippen LogP contribution >= 0.6 is 0 Å². The van der Waals surface area contributed by atoms with Gasteiger partial charge >= 0.3 is 5.97 Å². The Labute approximate surface area is 93.7 Å². The molecule has 0 bridgehead atoms. The molecule has 0 aliphatic rings. The predicted molar refractivity (Wildman–Crippen MR) is 61.3 cm³/mol. The van der Waals surface area contributed by atoms with Gasteiger partial charge in [0.15, 0.2) is 0 Å². The van der Waals surface area contributed by atoms with E-state index in [1.807, 2.05) is 31.2 Å². The smallest absolute Gasteiger partial charge is 0.303 e. The summed E-state index contributed by atoms with van der Waals surface area (Å²) in [7, 11) is 0. The van der Waals surface area contributed by atoms with Crippen molar-refractivity contribution < 1.29 is 14.3 Å². The van der Waals surface area contributed by atoms with E-state index in [-0.39, 0.29) is 12.3 Å². The number of para-hydroxylation sites is 1. The van der Waals surface area contributed by atoms with Gasteiger partial charge in [-0.25, -0.2) is 0 Å². The molecule has 0 aliphatic heterocycles. The topological polar surface area (TPSA) is 50.4 Å². The standard InChI is InChI=1S/C13H14O3/c1-9(7-13(14)15)6-10-8-16-12-5-3-2-4-11(10)12/h2-5,8-9H,6-7H2,1H3,(H,14,15). The summed E-state index contributed by atoms with van der Waals surface area (Å²) in [6.07, 6.45) is 2.66. The summed E-state index contributed by atoms with van der Waals surface area (Å²) in [6.45, 7) is 1.94. The highest BCUT2D eigenvalue weighted by molar-refractivity contribution is 5.80. The van der Waals surface area contributed by atoms with Crippen LogP contribution < -0.4 is 0 Å². The molecule has 3 nitrogen and oxygen atoms in total. The number of hydrogen-bond acceptors (Lipinski definition) is 2. The molecule has 2 rings (SSSR count). The van der Waals surface area contributed by atoms with Crippen LogP contribution in [0.25, 0.3) is 11.0 Å². The van der Waals surface area contributed by atoms with Crippen LogP contribution in [-0.2, 0) is 11.2 Å². The summed E-state index contributed by atoms with van der Waals surface area (Å²) in [5.74, 6) is -0.626. The monoisotopic (exact) mass is 218 g/mol. The lowest BCUT2D eigenvalue weighted by molar-refractivity contribution is -0.137. The second-order valence-electron chi connectivity index (χ2n) is 4.16. The van der Waals surface area contributed by atoms with Crippen molar-refractivity contribution in [2.75, 3.05) is 0 Å². The summed E-state index contributed by atoms with van der Waals surface area (Å²) < 4.78 is 5.41. The van der Waals surface area contributed by atoms with E-state index in [0.717, 1.165) is 23.0 Å². The van der Waals surface area contributed by atoms with Crippen LogP contribution in [0.2, 0.25) is 0 Å². The first kappa shape index (κ1) is 10.7. The van der Waals surface area contributed by atoms with E-state index in [1.165, 1.54) is 0 Å². The van der Waals surface area contributed by atoms with Crippen molar-refractivity contribution in [2.45, 2.75) is 19.8 Å². The maximum absolute atomic E-state index is 10.6. The van der Waals surface area contributed by atoms with Gasteiger partial charge in [0.25, 0.3) is 0 Å². The fourth-order valence-corrected chi connectivity index (χ4v) is 1.94. The van der Waals surface area contributed by atoms with E-state index >= 15 is 0 Å². The second-order valence-corrected chi connectivity index (χ2v) is 4.16. The minimum absolute atomic E-state index is 0.124. The minimum atomic E-state index is -0.750. The number of carboxylic acid groups (broad SMARTS) is 1. The average molecular weight is 218 g/mol. The van der Waals surface area contributed by atoms with Crippen LogP contribution in [0.15, 0.2) is 34.9 Å². The highest BCUT2D eigenvalue weighted by Gasteiger charge is 2.12. The zero-order valence-electron chi connectivity index (χ0n) is 9.14. The molecule has 1 aromatic carbocycles. The summed E-state index contributed by atoms with van der Waals surface area (Å²) in [5.41, 5.74) is 1.95. The zero-order valence-corrected chi connectivity index (χ0v) is 9.14. The van der Waals surface area contributed by atoms with E-state index in [4.69, 9.17) is 9.52 Å². The zero-order chi connectivity index (χ0) is 11.5. The molecule has 0 amide bonds. The molecule has 1 unspecified atom stereocenters. The van der Waals surface area contributed by atoms with Crippen molar-refractivity contribution in [2.24, 2.45) is 5.92 Å². The number of rotatable bonds is 4. The van der Waals surface area contributed by atoms with Crippen LogP contribution in [0.5, 0.6) is 0 Å². The first-order valence-electron chi connectivity index (χ1n) is 5.33. The summed E-state index contributed by atoms with van der Waals surface area (Å²) in [5, 5.41) is 9.79. The normalized spacial score (nSPS) is 12.8. The highest BCUT2D eigenvalue weighted by Crippen LogP contribution is 2.23. The van der Waals surface area contributed by atoms with Crippen molar-refractivity contribution in [1.82, 2.24) is 0 Å². The van der Waals surface area contributed by atoms with Crippen molar-refractivity contribution in [1.29, 1.82) is 0 Å². The number of benzene rings is 1. The number of hydrogen-bond donors (Lipinski definition) is 1. The van der Waals surface area contributed by atoms with Crippen LogP contribution in [-0.4, -0.2) is 11.1 Å². The Morgan fingerprint density at radius 1 is 1.44 bits per heavy atom. The Hall–Kier alpha value is -1.77. The van der Waals surface area contributed by atoms with Gasteiger partial charge < -0.3 is 9.52 Å². The van der Waals surface area contributed by atoms with Gasteiger partial charge in [0.2, 0.25) is 0 Å². The molecule has 0 fully saturated rings. The van der Waals surface area contributed by atoms with Gasteiger partial charge in [-0.1, -0.05) is 25.1 Å². The Balaban J connectivity index is 2.18. The molecule has 1 atom stereocenters. The molecule has 1 heterocycles. The van der Waals surface area contributed by atoms with Gasteiger partial charge in [0.05, 0.1) is 6.26 Å². The Bertz CT molecular complexity index is 499. The third-order valence-corrected chi connectivity index (χ3v) is 2.65. The summed E-state index contributed by atoms with van der Waals surface area (Å²) >= 11 is 0. The van der Waals surface area contributed by atoms with E-state index < -0.39 is 5.97 Å². The van der Waals surface area contributed by atoms with Crippen molar-refractivity contribution in [3.63, 3.8) is 0 Å². The molecular weight excluding hydrogens is 204 g/mol. The third-order valence-electron chi connectivity index (χ3n) is 2.65. The maximum atomic E-state index is 10.6. The molecule has 0 saturated carbocycles. The predicted octanol–water partition coefficient (Wildman–Crippen LogP) is 3.09. The van der Waals surface area contributed by atoms with Gasteiger partial charge in [-0.3, -0.25) is 4.79 Å². The van der Waals surface area contributed by atoms with Crippen molar-refractivity contribution >= 4 is 16.9 Å². The Morgan fingerprint density at radius 2 is 2.19 bits per heavy atom. The number of furan rings is 1. The molecule has 1 N–H and O–H groups in total. The van der Waals surface area contributed by atoms with E-state index in [0.29, 0.717) is 0 Å². The second kappa shape index (κ2) is 4.39. The molecule has 3 heteroatoms. The van der Waals surface area contributed by atoms with Crippen molar-refractivity contribution in [3.8, 4) is 0 Å². The third kappa shape index (κ3) is 2.24. The maximum Gasteiger partial charge on any atom is 0.303 e. The molecule has 1 aromatic heterocycles. The lowest BCUT2D eigenvalue weighted by Crippen LogP contribution is -2.06. The van der Waals surface area contributed by atoms with E-state index in [2.05, 4.69) is 0 Å². The quantitative estimate of drug-likeness (QED) is 0.857. The minimum Gasteiger partial charge on any atom is -0.481 e. The number of carboxylic acids is 1. The summed E-state index contributed by atoms with van der Waals surface area (Å²) in [6, 6.07) is 7.81. The first-order valence-corrected chi connectivity index (χ1v) is 5.33. The van der Waals surface area contributed by atoms with Crippen LogP contribution in [0.3, 0.4) is 0 Å². The fraction of sp³-hybridized carbons (Fsp3) is 0.308. The molecule has 0 spiro atoms. The molecule has 0 saturated heterocycles. The number of fused-ring (bicyclic) bond motifs is 1. The van der Waals surface area contributed by atoms with E-state index in [1.54, 1.807) is 6.26 Å². The largest absolute Gasteiger partial charge is 0.481 e. The highest BCUT2D eigenvalue weighted by atomic mass is 16.4.